The van der Waals surface area contributed by atoms with E-state index in [1.165, 1.54) is 31.3 Å². The number of nitrogens with two attached hydrogens (primary N) is 1. The van der Waals surface area contributed by atoms with Gasteiger partial charge in [-0.3, -0.25) is 24.6 Å². The molecule has 3 aromatic rings. The summed E-state index contributed by atoms with van der Waals surface area (Å²) in [6, 6.07) is 18.3. The highest BCUT2D eigenvalue weighted by Crippen LogP contribution is 2.47. The number of primary amides is 1. The molecule has 3 aromatic carbocycles. The Hall–Kier alpha value is -4.60. The summed E-state index contributed by atoms with van der Waals surface area (Å²) in [5.74, 6) is 0.221. The smallest absolute Gasteiger partial charge is 0.269 e. The van der Waals surface area contributed by atoms with Crippen LogP contribution in [0.5, 0.6) is 17.2 Å². The maximum Gasteiger partial charge on any atom is 0.269 e. The average Bonchev–Trinajstić information content (AvgIpc) is 3.02. The lowest BCUT2D eigenvalue weighted by Crippen LogP contribution is -2.62. The molecule has 222 valence electrons. The van der Waals surface area contributed by atoms with E-state index in [9.17, 15) is 19.7 Å². The van der Waals surface area contributed by atoms with Gasteiger partial charge in [-0.2, -0.15) is 0 Å². The first-order chi connectivity index (χ1) is 20.3. The molecular weight excluding hydrogens is 538 g/mol. The molecule has 0 heterocycles. The van der Waals surface area contributed by atoms with Crippen molar-refractivity contribution in [3.63, 3.8) is 0 Å². The van der Waals surface area contributed by atoms with Crippen molar-refractivity contribution in [2.75, 3.05) is 26.2 Å². The quantitative estimate of drug-likeness (QED) is 0.221. The first kappa shape index (κ1) is 30.4. The van der Waals surface area contributed by atoms with Crippen molar-refractivity contribution < 1.29 is 28.7 Å². The van der Waals surface area contributed by atoms with E-state index in [1.54, 1.807) is 37.4 Å². The molecule has 42 heavy (non-hydrogen) atoms. The van der Waals surface area contributed by atoms with Gasteiger partial charge in [-0.15, -0.1) is 0 Å². The van der Waals surface area contributed by atoms with E-state index in [2.05, 4.69) is 0 Å². The molecule has 2 N–H and O–H groups in total. The van der Waals surface area contributed by atoms with Gasteiger partial charge in [0.1, 0.15) is 5.75 Å². The zero-order valence-electron chi connectivity index (χ0n) is 24.2. The molecule has 1 fully saturated rings. The summed E-state index contributed by atoms with van der Waals surface area (Å²) in [6.07, 6.45) is 4.55. The molecule has 0 aliphatic heterocycles. The van der Waals surface area contributed by atoms with Gasteiger partial charge in [0, 0.05) is 30.3 Å². The van der Waals surface area contributed by atoms with E-state index < -0.39 is 16.4 Å². The molecule has 2 amide bonds. The average molecular weight is 576 g/mol. The molecule has 0 bridgehead atoms. The van der Waals surface area contributed by atoms with Crippen LogP contribution in [0.4, 0.5) is 11.4 Å². The van der Waals surface area contributed by atoms with Crippen LogP contribution >= 0.6 is 0 Å². The van der Waals surface area contributed by atoms with Gasteiger partial charge in [0.05, 0.1) is 26.3 Å². The number of rotatable bonds is 12. The molecule has 0 spiro atoms. The van der Waals surface area contributed by atoms with Crippen molar-refractivity contribution in [1.29, 1.82) is 0 Å². The Morgan fingerprint density at radius 2 is 1.55 bits per heavy atom. The van der Waals surface area contributed by atoms with Crippen LogP contribution < -0.4 is 24.8 Å². The number of nitro benzene ring substituents is 1. The summed E-state index contributed by atoms with van der Waals surface area (Å²) in [4.78, 5) is 40.8. The van der Waals surface area contributed by atoms with Crippen LogP contribution in [-0.2, 0) is 21.5 Å². The maximum atomic E-state index is 14.4. The molecule has 10 heteroatoms. The fourth-order valence-corrected chi connectivity index (χ4v) is 6.02. The Morgan fingerprint density at radius 3 is 2.10 bits per heavy atom. The number of nitro groups is 1. The predicted octanol–water partition coefficient (Wildman–Crippen LogP) is 5.55. The predicted molar refractivity (Wildman–Crippen MR) is 159 cm³/mol. The molecular formula is C32H37N3O7. The second-order valence-electron chi connectivity index (χ2n) is 10.4. The van der Waals surface area contributed by atoms with E-state index in [0.717, 1.165) is 24.8 Å². The standard InChI is InChI=1S/C32H37N3O7/c1-40-27-17-9-22(10-18-27)11-20-30(36)34(26-16-19-28(41-2)29(21-26)42-3)32(31(33)37,23-7-5-4-6-8-23)24-12-14-25(15-13-24)35(38)39/h9-10,12-19,21,23H,4-8,11,20H2,1-3H3,(H2,33,37). The van der Waals surface area contributed by atoms with Crippen molar-refractivity contribution in [2.45, 2.75) is 50.5 Å². The summed E-state index contributed by atoms with van der Waals surface area (Å²) in [7, 11) is 4.60. The Labute approximate surface area is 245 Å². The summed E-state index contributed by atoms with van der Waals surface area (Å²) in [6.45, 7) is 0. The van der Waals surface area contributed by atoms with Crippen LogP contribution in [0.3, 0.4) is 0 Å². The second kappa shape index (κ2) is 13.4. The number of methoxy groups -OCH3 is 3. The number of hydrogen-bond acceptors (Lipinski definition) is 7. The Bertz CT molecular complexity index is 1400. The van der Waals surface area contributed by atoms with Crippen molar-refractivity contribution in [1.82, 2.24) is 0 Å². The third-order valence-corrected chi connectivity index (χ3v) is 8.10. The molecule has 0 aromatic heterocycles. The Morgan fingerprint density at radius 1 is 0.905 bits per heavy atom. The van der Waals surface area contributed by atoms with E-state index >= 15 is 0 Å². The molecule has 0 saturated heterocycles. The lowest BCUT2D eigenvalue weighted by molar-refractivity contribution is -0.384. The topological polar surface area (TPSA) is 134 Å². The van der Waals surface area contributed by atoms with E-state index in [0.29, 0.717) is 47.8 Å². The second-order valence-corrected chi connectivity index (χ2v) is 10.4. The van der Waals surface area contributed by atoms with Gasteiger partial charge >= 0.3 is 0 Å². The first-order valence-electron chi connectivity index (χ1n) is 14.0. The number of aryl methyl sites for hydroxylation is 1. The Balaban J connectivity index is 1.90. The molecule has 4 rings (SSSR count). The highest BCUT2D eigenvalue weighted by molar-refractivity contribution is 6.04. The third-order valence-electron chi connectivity index (χ3n) is 8.10. The lowest BCUT2D eigenvalue weighted by Gasteiger charge is -2.48. The van der Waals surface area contributed by atoms with Gasteiger partial charge in [0.15, 0.2) is 17.0 Å². The monoisotopic (exact) mass is 575 g/mol. The molecule has 1 unspecified atom stereocenters. The minimum absolute atomic E-state index is 0.0788. The van der Waals surface area contributed by atoms with Gasteiger partial charge < -0.3 is 19.9 Å². The molecule has 1 aliphatic carbocycles. The number of carbonyl (C=O) groups excluding carboxylic acids is 2. The van der Waals surface area contributed by atoms with Crippen LogP contribution in [0.2, 0.25) is 0 Å². The van der Waals surface area contributed by atoms with Gasteiger partial charge in [0.25, 0.3) is 5.69 Å². The van der Waals surface area contributed by atoms with Crippen LogP contribution in [0, 0.1) is 16.0 Å². The highest BCUT2D eigenvalue weighted by atomic mass is 16.6. The third kappa shape index (κ3) is 6.02. The zero-order chi connectivity index (χ0) is 30.3. The number of carbonyl (C=O) groups is 2. The SMILES string of the molecule is COc1ccc(CCC(=O)N(c2ccc(OC)c(OC)c2)C(C(N)=O)(c2ccc([N+](=O)[O-])cc2)C2CCCCC2)cc1. The molecule has 1 saturated carbocycles. The number of non-ortho nitro benzene ring substituents is 1. The Kier molecular flexibility index (Phi) is 9.67. The van der Waals surface area contributed by atoms with Crippen molar-refractivity contribution in [3.8, 4) is 17.2 Å². The van der Waals surface area contributed by atoms with Gasteiger partial charge in [-0.25, -0.2) is 0 Å². The first-order valence-corrected chi connectivity index (χ1v) is 14.0. The van der Waals surface area contributed by atoms with Crippen molar-refractivity contribution in [2.24, 2.45) is 11.7 Å². The van der Waals surface area contributed by atoms with Gasteiger partial charge in [-0.1, -0.05) is 31.4 Å². The van der Waals surface area contributed by atoms with E-state index in [-0.39, 0.29) is 23.9 Å². The maximum absolute atomic E-state index is 14.4. The molecule has 0 radical (unpaired) electrons. The molecule has 1 atom stereocenters. The summed E-state index contributed by atoms with van der Waals surface area (Å²) in [5.41, 5.74) is 6.38. The minimum Gasteiger partial charge on any atom is -0.497 e. The zero-order valence-corrected chi connectivity index (χ0v) is 24.2. The fourth-order valence-electron chi connectivity index (χ4n) is 6.02. The van der Waals surface area contributed by atoms with Crippen molar-refractivity contribution in [3.05, 3.63) is 88.0 Å². The summed E-state index contributed by atoms with van der Waals surface area (Å²) >= 11 is 0. The molecule has 10 nitrogen and oxygen atoms in total. The number of benzene rings is 3. The van der Waals surface area contributed by atoms with Crippen molar-refractivity contribution >= 4 is 23.2 Å². The van der Waals surface area contributed by atoms with E-state index in [4.69, 9.17) is 19.9 Å². The van der Waals surface area contributed by atoms with Gasteiger partial charge in [-0.05, 0) is 72.7 Å². The van der Waals surface area contributed by atoms with Crippen LogP contribution in [0.25, 0.3) is 0 Å². The number of hydrogen-bond donors (Lipinski definition) is 1. The van der Waals surface area contributed by atoms with Gasteiger partial charge in [0.2, 0.25) is 11.8 Å². The largest absolute Gasteiger partial charge is 0.497 e. The van der Waals surface area contributed by atoms with E-state index in [1.807, 2.05) is 24.3 Å². The lowest BCUT2D eigenvalue weighted by atomic mass is 9.69. The minimum atomic E-state index is -1.61. The van der Waals surface area contributed by atoms with Crippen LogP contribution in [0.1, 0.15) is 49.7 Å². The number of amides is 2. The number of ether oxygens (including phenoxy) is 3. The fraction of sp³-hybridized carbons (Fsp3) is 0.375. The van der Waals surface area contributed by atoms with Crippen LogP contribution in [0.15, 0.2) is 66.7 Å². The summed E-state index contributed by atoms with van der Waals surface area (Å²) < 4.78 is 16.2. The molecule has 1 aliphatic rings. The highest BCUT2D eigenvalue weighted by Gasteiger charge is 2.53. The van der Waals surface area contributed by atoms with Crippen LogP contribution in [-0.4, -0.2) is 38.1 Å². The number of nitrogens with zero attached hydrogens (tertiary/aromatic N) is 2. The number of anilines is 1. The normalized spacial score (nSPS) is 14.8. The summed E-state index contributed by atoms with van der Waals surface area (Å²) in [5, 5.41) is 11.5.